The Morgan fingerprint density at radius 1 is 1.42 bits per heavy atom. The molecule has 19 heavy (non-hydrogen) atoms. The summed E-state index contributed by atoms with van der Waals surface area (Å²) in [6.45, 7) is 1.45. The zero-order chi connectivity index (χ0) is 13.2. The van der Waals surface area contributed by atoms with E-state index in [2.05, 4.69) is 26.2 Å². The van der Waals surface area contributed by atoms with Gasteiger partial charge in [-0.15, -0.1) is 5.10 Å². The van der Waals surface area contributed by atoms with Gasteiger partial charge in [-0.25, -0.2) is 4.68 Å². The van der Waals surface area contributed by atoms with Crippen molar-refractivity contribution in [3.63, 3.8) is 0 Å². The Hall–Kier alpha value is -1.69. The van der Waals surface area contributed by atoms with E-state index in [1.165, 1.54) is 0 Å². The molecule has 0 N–H and O–H groups in total. The molecule has 5 nitrogen and oxygen atoms in total. The summed E-state index contributed by atoms with van der Waals surface area (Å²) in [5.74, 6) is 0.0731. The molecule has 2 aromatic rings. The number of rotatable bonds is 2. The van der Waals surface area contributed by atoms with Crippen LogP contribution in [0.5, 0.6) is 0 Å². The number of carbonyl (C=O) groups is 1. The van der Waals surface area contributed by atoms with E-state index < -0.39 is 0 Å². The molecule has 0 spiro atoms. The van der Waals surface area contributed by atoms with Crippen LogP contribution in [0.2, 0.25) is 0 Å². The second-order valence-electron chi connectivity index (χ2n) is 4.59. The summed E-state index contributed by atoms with van der Waals surface area (Å²) in [4.78, 5) is 14.2. The molecule has 1 aromatic carbocycles. The first kappa shape index (κ1) is 12.3. The highest BCUT2D eigenvalue weighted by molar-refractivity contribution is 9.10. The molecule has 0 aliphatic carbocycles. The molecule has 0 saturated carbocycles. The lowest BCUT2D eigenvalue weighted by Crippen LogP contribution is -2.29. The molecule has 1 saturated heterocycles. The van der Waals surface area contributed by atoms with Crippen molar-refractivity contribution in [3.8, 4) is 0 Å². The second kappa shape index (κ2) is 5.13. The Kier molecular flexibility index (Phi) is 3.33. The fraction of sp³-hybridized carbons (Fsp3) is 0.308. The maximum absolute atomic E-state index is 12.4. The van der Waals surface area contributed by atoms with Gasteiger partial charge in [0.25, 0.3) is 5.91 Å². The topological polar surface area (TPSA) is 51.0 Å². The maximum Gasteiger partial charge on any atom is 0.253 e. The summed E-state index contributed by atoms with van der Waals surface area (Å²) in [5, 5.41) is 7.81. The number of halogens is 1. The van der Waals surface area contributed by atoms with Crippen molar-refractivity contribution in [1.82, 2.24) is 19.9 Å². The van der Waals surface area contributed by atoms with Gasteiger partial charge in [0.15, 0.2) is 0 Å². The minimum Gasteiger partial charge on any atom is -0.336 e. The molecular formula is C13H13BrN4O. The van der Waals surface area contributed by atoms with Crippen molar-refractivity contribution in [2.45, 2.75) is 12.5 Å². The SMILES string of the molecule is O=C(c1cccc(Br)c1)N1CCC(n2ccnn2)C1. The first-order chi connectivity index (χ1) is 9.24. The average molecular weight is 321 g/mol. The first-order valence-electron chi connectivity index (χ1n) is 6.14. The first-order valence-corrected chi connectivity index (χ1v) is 6.94. The van der Waals surface area contributed by atoms with Crippen LogP contribution in [0.15, 0.2) is 41.1 Å². The third kappa shape index (κ3) is 2.53. The van der Waals surface area contributed by atoms with Gasteiger partial charge in [0.1, 0.15) is 0 Å². The third-order valence-electron chi connectivity index (χ3n) is 3.34. The van der Waals surface area contributed by atoms with Crippen LogP contribution in [0.1, 0.15) is 22.8 Å². The van der Waals surface area contributed by atoms with E-state index in [1.807, 2.05) is 40.0 Å². The fourth-order valence-electron chi connectivity index (χ4n) is 2.36. The molecule has 1 aliphatic heterocycles. The Morgan fingerprint density at radius 2 is 2.32 bits per heavy atom. The van der Waals surface area contributed by atoms with E-state index in [-0.39, 0.29) is 11.9 Å². The maximum atomic E-state index is 12.4. The zero-order valence-electron chi connectivity index (χ0n) is 10.2. The van der Waals surface area contributed by atoms with Gasteiger partial charge in [0, 0.05) is 29.3 Å². The number of carbonyl (C=O) groups excluding carboxylic acids is 1. The summed E-state index contributed by atoms with van der Waals surface area (Å²) < 4.78 is 2.75. The predicted octanol–water partition coefficient (Wildman–Crippen LogP) is 2.13. The molecule has 2 heterocycles. The Balaban J connectivity index is 1.73. The van der Waals surface area contributed by atoms with Crippen LogP contribution in [0.4, 0.5) is 0 Å². The third-order valence-corrected chi connectivity index (χ3v) is 3.83. The van der Waals surface area contributed by atoms with Gasteiger partial charge in [-0.3, -0.25) is 4.79 Å². The average Bonchev–Trinajstić information content (AvgIpc) is 3.08. The molecule has 1 fully saturated rings. The molecule has 1 atom stereocenters. The van der Waals surface area contributed by atoms with E-state index in [0.29, 0.717) is 12.1 Å². The monoisotopic (exact) mass is 320 g/mol. The highest BCUT2D eigenvalue weighted by Gasteiger charge is 2.28. The van der Waals surface area contributed by atoms with Gasteiger partial charge in [-0.05, 0) is 24.6 Å². The Labute approximate surface area is 119 Å². The molecule has 6 heteroatoms. The number of amides is 1. The molecule has 1 aliphatic rings. The summed E-state index contributed by atoms with van der Waals surface area (Å²) in [7, 11) is 0. The van der Waals surface area contributed by atoms with Crippen molar-refractivity contribution in [3.05, 3.63) is 46.7 Å². The molecule has 1 aromatic heterocycles. The summed E-state index contributed by atoms with van der Waals surface area (Å²) >= 11 is 3.39. The van der Waals surface area contributed by atoms with Gasteiger partial charge in [-0.1, -0.05) is 27.2 Å². The molecule has 1 amide bonds. The highest BCUT2D eigenvalue weighted by atomic mass is 79.9. The number of hydrogen-bond acceptors (Lipinski definition) is 3. The molecule has 3 rings (SSSR count). The number of hydrogen-bond donors (Lipinski definition) is 0. The van der Waals surface area contributed by atoms with Gasteiger partial charge in [-0.2, -0.15) is 0 Å². The number of likely N-dealkylation sites (tertiary alicyclic amines) is 1. The van der Waals surface area contributed by atoms with Gasteiger partial charge >= 0.3 is 0 Å². The minimum absolute atomic E-state index is 0.0731. The molecule has 1 unspecified atom stereocenters. The van der Waals surface area contributed by atoms with Gasteiger partial charge in [0.2, 0.25) is 0 Å². The molecule has 0 bridgehead atoms. The second-order valence-corrected chi connectivity index (χ2v) is 5.50. The van der Waals surface area contributed by atoms with E-state index in [0.717, 1.165) is 17.4 Å². The zero-order valence-corrected chi connectivity index (χ0v) is 11.8. The van der Waals surface area contributed by atoms with Crippen LogP contribution >= 0.6 is 15.9 Å². The van der Waals surface area contributed by atoms with Crippen LogP contribution in [0, 0.1) is 0 Å². The van der Waals surface area contributed by atoms with Crippen LogP contribution in [0.25, 0.3) is 0 Å². The lowest BCUT2D eigenvalue weighted by Gasteiger charge is -2.16. The lowest BCUT2D eigenvalue weighted by atomic mass is 10.2. The lowest BCUT2D eigenvalue weighted by molar-refractivity contribution is 0.0787. The largest absolute Gasteiger partial charge is 0.336 e. The van der Waals surface area contributed by atoms with E-state index in [9.17, 15) is 4.79 Å². The predicted molar refractivity (Wildman–Crippen MR) is 73.7 cm³/mol. The van der Waals surface area contributed by atoms with Crippen molar-refractivity contribution in [2.24, 2.45) is 0 Å². The summed E-state index contributed by atoms with van der Waals surface area (Å²) in [6, 6.07) is 7.72. The molecule has 98 valence electrons. The molecule has 0 radical (unpaired) electrons. The minimum atomic E-state index is 0.0731. The van der Waals surface area contributed by atoms with Crippen molar-refractivity contribution in [1.29, 1.82) is 0 Å². The number of nitrogens with zero attached hydrogens (tertiary/aromatic N) is 4. The standard InChI is InChI=1S/C13H13BrN4O/c14-11-3-1-2-10(8-11)13(19)17-6-4-12(9-17)18-7-5-15-16-18/h1-3,5,7-8,12H,4,6,9H2. The smallest absolute Gasteiger partial charge is 0.253 e. The van der Waals surface area contributed by atoms with E-state index in [1.54, 1.807) is 6.20 Å². The van der Waals surface area contributed by atoms with Crippen molar-refractivity contribution < 1.29 is 4.79 Å². The Bertz CT molecular complexity index is 584. The Morgan fingerprint density at radius 3 is 3.05 bits per heavy atom. The summed E-state index contributed by atoms with van der Waals surface area (Å²) in [5.41, 5.74) is 0.716. The van der Waals surface area contributed by atoms with Crippen LogP contribution in [-0.4, -0.2) is 38.9 Å². The van der Waals surface area contributed by atoms with E-state index in [4.69, 9.17) is 0 Å². The highest BCUT2D eigenvalue weighted by Crippen LogP contribution is 2.23. The van der Waals surface area contributed by atoms with Crippen molar-refractivity contribution >= 4 is 21.8 Å². The van der Waals surface area contributed by atoms with E-state index >= 15 is 0 Å². The van der Waals surface area contributed by atoms with Gasteiger partial charge in [0.05, 0.1) is 12.2 Å². The summed E-state index contributed by atoms with van der Waals surface area (Å²) in [6.07, 6.45) is 4.43. The van der Waals surface area contributed by atoms with Crippen LogP contribution in [0.3, 0.4) is 0 Å². The number of aromatic nitrogens is 3. The quantitative estimate of drug-likeness (QED) is 0.851. The fourth-order valence-corrected chi connectivity index (χ4v) is 2.76. The molecular weight excluding hydrogens is 308 g/mol. The van der Waals surface area contributed by atoms with Gasteiger partial charge < -0.3 is 4.90 Å². The number of benzene rings is 1. The normalized spacial score (nSPS) is 18.8. The van der Waals surface area contributed by atoms with Crippen LogP contribution in [-0.2, 0) is 0 Å². The van der Waals surface area contributed by atoms with Crippen LogP contribution < -0.4 is 0 Å². The van der Waals surface area contributed by atoms with Crippen molar-refractivity contribution in [2.75, 3.05) is 13.1 Å².